The molecule has 6 heteroatoms. The van der Waals surface area contributed by atoms with Gasteiger partial charge in [0.1, 0.15) is 6.10 Å². The molecular formula is C21H20O5S. The molecule has 3 aromatic carbocycles. The lowest BCUT2D eigenvalue weighted by atomic mass is 10.0. The second-order valence-corrected chi connectivity index (χ2v) is 7.25. The zero-order chi connectivity index (χ0) is 19.9. The topological polar surface area (TPSA) is 91.7 Å². The van der Waals surface area contributed by atoms with E-state index in [-0.39, 0.29) is 10.7 Å². The van der Waals surface area contributed by atoms with E-state index in [1.807, 2.05) is 19.1 Å². The van der Waals surface area contributed by atoms with E-state index in [1.165, 1.54) is 12.1 Å². The minimum absolute atomic E-state index is 0.0666. The van der Waals surface area contributed by atoms with E-state index in [0.29, 0.717) is 11.1 Å². The van der Waals surface area contributed by atoms with Gasteiger partial charge in [-0.05, 0) is 24.6 Å². The predicted molar refractivity (Wildman–Crippen MR) is 103 cm³/mol. The van der Waals surface area contributed by atoms with Gasteiger partial charge in [-0.15, -0.1) is 0 Å². The first-order valence-electron chi connectivity index (χ1n) is 8.15. The molecule has 0 fully saturated rings. The van der Waals surface area contributed by atoms with Crippen molar-refractivity contribution >= 4 is 15.9 Å². The van der Waals surface area contributed by atoms with Gasteiger partial charge in [0, 0.05) is 5.56 Å². The van der Waals surface area contributed by atoms with Crippen LogP contribution < -0.4 is 0 Å². The first kappa shape index (κ1) is 20.5. The Balaban J connectivity index is 0.000000208. The van der Waals surface area contributed by atoms with Crippen molar-refractivity contribution in [3.63, 3.8) is 0 Å². The fraction of sp³-hybridized carbons (Fsp3) is 0.0952. The summed E-state index contributed by atoms with van der Waals surface area (Å²) in [6.07, 6.45) is -1.08. The summed E-state index contributed by atoms with van der Waals surface area (Å²) in [5, 5.41) is 9.89. The maximum Gasteiger partial charge on any atom is 0.294 e. The molecule has 2 N–H and O–H groups in total. The molecule has 0 aliphatic heterocycles. The number of aliphatic hydroxyl groups excluding tert-OH is 1. The first-order chi connectivity index (χ1) is 12.8. The van der Waals surface area contributed by atoms with Gasteiger partial charge in [0.05, 0.1) is 4.90 Å². The second-order valence-electron chi connectivity index (χ2n) is 5.83. The van der Waals surface area contributed by atoms with Crippen molar-refractivity contribution in [2.24, 2.45) is 0 Å². The zero-order valence-electron chi connectivity index (χ0n) is 14.7. The number of carbonyl (C=O) groups is 1. The SMILES string of the molecule is Cc1ccc(S(=O)(=O)O)cc1.O=C(c1ccccc1)C(O)c1ccccc1. The third-order valence-electron chi connectivity index (χ3n) is 3.74. The minimum atomic E-state index is -4.02. The average molecular weight is 384 g/mol. The molecule has 0 amide bonds. The van der Waals surface area contributed by atoms with Crippen LogP contribution in [0.25, 0.3) is 0 Å². The van der Waals surface area contributed by atoms with Crippen molar-refractivity contribution in [2.45, 2.75) is 17.9 Å². The van der Waals surface area contributed by atoms with Crippen LogP contribution in [0, 0.1) is 6.92 Å². The number of carbonyl (C=O) groups excluding carboxylic acids is 1. The lowest BCUT2D eigenvalue weighted by Crippen LogP contribution is -2.11. The second kappa shape index (κ2) is 9.23. The maximum atomic E-state index is 11.9. The Labute approximate surface area is 158 Å². The van der Waals surface area contributed by atoms with Crippen molar-refractivity contribution < 1.29 is 22.9 Å². The summed E-state index contributed by atoms with van der Waals surface area (Å²) >= 11 is 0. The number of aliphatic hydroxyl groups is 1. The predicted octanol–water partition coefficient (Wildman–Crippen LogP) is 3.84. The molecule has 27 heavy (non-hydrogen) atoms. The molecule has 3 aromatic rings. The molecule has 0 aromatic heterocycles. The lowest BCUT2D eigenvalue weighted by molar-refractivity contribution is 0.0747. The highest BCUT2D eigenvalue weighted by molar-refractivity contribution is 7.85. The van der Waals surface area contributed by atoms with Crippen LogP contribution in [0.5, 0.6) is 0 Å². The van der Waals surface area contributed by atoms with Crippen molar-refractivity contribution in [2.75, 3.05) is 0 Å². The molecule has 3 rings (SSSR count). The van der Waals surface area contributed by atoms with E-state index in [1.54, 1.807) is 60.7 Å². The van der Waals surface area contributed by atoms with Crippen LogP contribution in [0.2, 0.25) is 0 Å². The Morgan fingerprint density at radius 2 is 1.30 bits per heavy atom. The Kier molecular flexibility index (Phi) is 7.01. The van der Waals surface area contributed by atoms with Gasteiger partial charge in [0.25, 0.3) is 10.1 Å². The van der Waals surface area contributed by atoms with Gasteiger partial charge in [0.15, 0.2) is 5.78 Å². The highest BCUT2D eigenvalue weighted by atomic mass is 32.2. The molecule has 0 aliphatic carbocycles. The summed E-state index contributed by atoms with van der Waals surface area (Å²) in [5.41, 5.74) is 2.10. The van der Waals surface area contributed by atoms with Crippen molar-refractivity contribution in [3.8, 4) is 0 Å². The van der Waals surface area contributed by atoms with E-state index < -0.39 is 16.2 Å². The van der Waals surface area contributed by atoms with E-state index >= 15 is 0 Å². The molecule has 0 radical (unpaired) electrons. The number of Topliss-reactive ketones (excluding diaryl/α,β-unsaturated/α-hetero) is 1. The molecular weight excluding hydrogens is 364 g/mol. The molecule has 1 atom stereocenters. The van der Waals surface area contributed by atoms with Crippen LogP contribution in [0.1, 0.15) is 27.6 Å². The van der Waals surface area contributed by atoms with Gasteiger partial charge in [-0.25, -0.2) is 0 Å². The van der Waals surface area contributed by atoms with E-state index in [0.717, 1.165) is 5.56 Å². The molecule has 1 unspecified atom stereocenters. The van der Waals surface area contributed by atoms with Crippen LogP contribution in [-0.2, 0) is 10.1 Å². The fourth-order valence-corrected chi connectivity index (χ4v) is 2.74. The fourth-order valence-electron chi connectivity index (χ4n) is 2.26. The lowest BCUT2D eigenvalue weighted by Gasteiger charge is -2.09. The van der Waals surface area contributed by atoms with Crippen molar-refractivity contribution in [1.29, 1.82) is 0 Å². The maximum absolute atomic E-state index is 11.9. The average Bonchev–Trinajstić information content (AvgIpc) is 2.68. The Hall–Kier alpha value is -2.80. The number of ketones is 1. The molecule has 0 heterocycles. The Bertz CT molecular complexity index is 966. The van der Waals surface area contributed by atoms with Crippen LogP contribution in [0.15, 0.2) is 89.8 Å². The third kappa shape index (κ3) is 6.14. The van der Waals surface area contributed by atoms with E-state index in [4.69, 9.17) is 4.55 Å². The van der Waals surface area contributed by atoms with Gasteiger partial charge < -0.3 is 5.11 Å². The first-order valence-corrected chi connectivity index (χ1v) is 9.59. The Morgan fingerprint density at radius 1 is 0.815 bits per heavy atom. The van der Waals surface area contributed by atoms with Crippen LogP contribution in [-0.4, -0.2) is 23.9 Å². The minimum Gasteiger partial charge on any atom is -0.380 e. The number of hydrogen-bond donors (Lipinski definition) is 2. The van der Waals surface area contributed by atoms with Crippen LogP contribution >= 0.6 is 0 Å². The van der Waals surface area contributed by atoms with Gasteiger partial charge in [-0.2, -0.15) is 8.42 Å². The third-order valence-corrected chi connectivity index (χ3v) is 4.61. The summed E-state index contributed by atoms with van der Waals surface area (Å²) in [6, 6.07) is 23.7. The summed E-state index contributed by atoms with van der Waals surface area (Å²) in [7, 11) is -4.02. The largest absolute Gasteiger partial charge is 0.380 e. The standard InChI is InChI=1S/C14H12O2.C7H8O3S/c15-13(11-7-3-1-4-8-11)14(16)12-9-5-2-6-10-12;1-6-2-4-7(5-3-6)11(8,9)10/h1-10,13,15H;2-5H,1H3,(H,8,9,10). The number of aryl methyl sites for hydroxylation is 1. The van der Waals surface area contributed by atoms with E-state index in [2.05, 4.69) is 0 Å². The summed E-state index contributed by atoms with van der Waals surface area (Å²) in [6.45, 7) is 1.84. The highest BCUT2D eigenvalue weighted by Crippen LogP contribution is 2.17. The van der Waals surface area contributed by atoms with Crippen molar-refractivity contribution in [1.82, 2.24) is 0 Å². The summed E-state index contributed by atoms with van der Waals surface area (Å²) in [4.78, 5) is 11.8. The van der Waals surface area contributed by atoms with E-state index in [9.17, 15) is 18.3 Å². The van der Waals surface area contributed by atoms with Crippen LogP contribution in [0.3, 0.4) is 0 Å². The number of rotatable bonds is 4. The molecule has 140 valence electrons. The molecule has 0 saturated heterocycles. The van der Waals surface area contributed by atoms with Gasteiger partial charge in [-0.1, -0.05) is 78.4 Å². The summed E-state index contributed by atoms with van der Waals surface area (Å²) < 4.78 is 29.6. The smallest absolute Gasteiger partial charge is 0.294 e. The molecule has 0 aliphatic rings. The molecule has 0 saturated carbocycles. The van der Waals surface area contributed by atoms with Crippen LogP contribution in [0.4, 0.5) is 0 Å². The van der Waals surface area contributed by atoms with Gasteiger partial charge in [0.2, 0.25) is 0 Å². The number of benzene rings is 3. The molecule has 0 bridgehead atoms. The van der Waals surface area contributed by atoms with Crippen molar-refractivity contribution in [3.05, 3.63) is 102 Å². The molecule has 0 spiro atoms. The monoisotopic (exact) mass is 384 g/mol. The van der Waals surface area contributed by atoms with Gasteiger partial charge >= 0.3 is 0 Å². The Morgan fingerprint density at radius 3 is 1.78 bits per heavy atom. The highest BCUT2D eigenvalue weighted by Gasteiger charge is 2.18. The summed E-state index contributed by atoms with van der Waals surface area (Å²) in [5.74, 6) is -0.271. The quantitative estimate of drug-likeness (QED) is 0.527. The number of hydrogen-bond acceptors (Lipinski definition) is 4. The van der Waals surface area contributed by atoms with Gasteiger partial charge in [-0.3, -0.25) is 9.35 Å². The zero-order valence-corrected chi connectivity index (χ0v) is 15.5. The molecule has 5 nitrogen and oxygen atoms in total. The normalized spacial score (nSPS) is 11.8.